The van der Waals surface area contributed by atoms with Gasteiger partial charge in [0.05, 0.1) is 0 Å². The SMILES string of the molecule is Cc1cc2c(cc1C)C(CCC1C=Cc3cc(C)c(C)cc31)C=C2. The highest BCUT2D eigenvalue weighted by Gasteiger charge is 2.22. The van der Waals surface area contributed by atoms with Gasteiger partial charge in [-0.3, -0.25) is 0 Å². The molecule has 122 valence electrons. The van der Waals surface area contributed by atoms with E-state index < -0.39 is 0 Å². The van der Waals surface area contributed by atoms with Crippen LogP contribution < -0.4 is 0 Å². The molecule has 2 aromatic carbocycles. The third-order valence-electron chi connectivity index (χ3n) is 6.00. The maximum Gasteiger partial charge on any atom is 0.00276 e. The largest absolute Gasteiger partial charge is 0.0764 e. The van der Waals surface area contributed by atoms with E-state index in [1.165, 1.54) is 57.3 Å². The summed E-state index contributed by atoms with van der Waals surface area (Å²) in [4.78, 5) is 0. The first-order valence-corrected chi connectivity index (χ1v) is 9.11. The van der Waals surface area contributed by atoms with Gasteiger partial charge in [0.25, 0.3) is 0 Å². The number of hydrogen-bond donors (Lipinski definition) is 0. The number of rotatable bonds is 3. The molecule has 0 fully saturated rings. The minimum absolute atomic E-state index is 0.586. The molecule has 0 N–H and O–H groups in total. The van der Waals surface area contributed by atoms with E-state index in [0.29, 0.717) is 11.8 Å². The van der Waals surface area contributed by atoms with Gasteiger partial charge in [0.15, 0.2) is 0 Å². The van der Waals surface area contributed by atoms with Gasteiger partial charge in [-0.2, -0.15) is 0 Å². The van der Waals surface area contributed by atoms with E-state index in [9.17, 15) is 0 Å². The van der Waals surface area contributed by atoms with Gasteiger partial charge in [-0.1, -0.05) is 48.6 Å². The van der Waals surface area contributed by atoms with Gasteiger partial charge < -0.3 is 0 Å². The molecule has 0 radical (unpaired) electrons. The van der Waals surface area contributed by atoms with Gasteiger partial charge in [-0.05, 0) is 85.0 Å². The Labute approximate surface area is 145 Å². The number of hydrogen-bond acceptors (Lipinski definition) is 0. The molecule has 0 aliphatic heterocycles. The van der Waals surface area contributed by atoms with Crippen molar-refractivity contribution in [1.29, 1.82) is 0 Å². The second-order valence-electron chi connectivity index (χ2n) is 7.64. The Kier molecular flexibility index (Phi) is 3.72. The smallest absolute Gasteiger partial charge is 0.00276 e. The lowest BCUT2D eigenvalue weighted by molar-refractivity contribution is 0.641. The van der Waals surface area contributed by atoms with E-state index in [4.69, 9.17) is 0 Å². The number of aryl methyl sites for hydroxylation is 4. The quantitative estimate of drug-likeness (QED) is 0.597. The van der Waals surface area contributed by atoms with Crippen LogP contribution in [0.3, 0.4) is 0 Å². The van der Waals surface area contributed by atoms with E-state index >= 15 is 0 Å². The first-order valence-electron chi connectivity index (χ1n) is 9.11. The molecule has 0 heterocycles. The van der Waals surface area contributed by atoms with Crippen molar-refractivity contribution in [1.82, 2.24) is 0 Å². The number of fused-ring (bicyclic) bond motifs is 2. The van der Waals surface area contributed by atoms with E-state index in [2.05, 4.69) is 76.3 Å². The third-order valence-corrected chi connectivity index (χ3v) is 6.00. The van der Waals surface area contributed by atoms with Gasteiger partial charge in [0, 0.05) is 11.8 Å². The molecule has 2 aromatic rings. The van der Waals surface area contributed by atoms with E-state index in [-0.39, 0.29) is 0 Å². The van der Waals surface area contributed by atoms with Crippen LogP contribution in [0, 0.1) is 27.7 Å². The number of allylic oxidation sites excluding steroid dienone is 2. The van der Waals surface area contributed by atoms with Crippen LogP contribution in [0.15, 0.2) is 36.4 Å². The molecule has 0 bridgehead atoms. The van der Waals surface area contributed by atoms with Crippen molar-refractivity contribution < 1.29 is 0 Å². The van der Waals surface area contributed by atoms with Gasteiger partial charge in [0.1, 0.15) is 0 Å². The Morgan fingerprint density at radius 2 is 0.958 bits per heavy atom. The Bertz CT molecular complexity index is 791. The summed E-state index contributed by atoms with van der Waals surface area (Å²) in [6, 6.07) is 9.50. The van der Waals surface area contributed by atoms with Crippen molar-refractivity contribution in [3.8, 4) is 0 Å². The molecule has 2 atom stereocenters. The monoisotopic (exact) mass is 314 g/mol. The number of benzene rings is 2. The topological polar surface area (TPSA) is 0 Å². The zero-order valence-corrected chi connectivity index (χ0v) is 15.2. The highest BCUT2D eigenvalue weighted by atomic mass is 14.3. The van der Waals surface area contributed by atoms with Crippen LogP contribution >= 0.6 is 0 Å². The molecule has 0 aromatic heterocycles. The lowest BCUT2D eigenvalue weighted by Gasteiger charge is -2.17. The Hall–Kier alpha value is -2.08. The maximum absolute atomic E-state index is 2.41. The van der Waals surface area contributed by atoms with Gasteiger partial charge in [0.2, 0.25) is 0 Å². The second kappa shape index (κ2) is 5.77. The van der Waals surface area contributed by atoms with Crippen molar-refractivity contribution in [2.24, 2.45) is 0 Å². The lowest BCUT2D eigenvalue weighted by atomic mass is 9.87. The average molecular weight is 314 g/mol. The molecule has 2 aliphatic rings. The van der Waals surface area contributed by atoms with Crippen LogP contribution in [0.4, 0.5) is 0 Å². The standard InChI is InChI=1S/C24H26/c1-15-11-21-9-7-19(23(21)13-17(15)3)5-6-20-8-10-22-12-16(2)18(4)14-24(20)22/h7-14,19-20H,5-6H2,1-4H3. The lowest BCUT2D eigenvalue weighted by Crippen LogP contribution is -2.00. The summed E-state index contributed by atoms with van der Waals surface area (Å²) in [7, 11) is 0. The van der Waals surface area contributed by atoms with Crippen LogP contribution in [0.5, 0.6) is 0 Å². The van der Waals surface area contributed by atoms with Gasteiger partial charge in [-0.15, -0.1) is 0 Å². The van der Waals surface area contributed by atoms with Crippen LogP contribution in [0.1, 0.15) is 69.2 Å². The van der Waals surface area contributed by atoms with Crippen LogP contribution in [0.2, 0.25) is 0 Å². The summed E-state index contributed by atoms with van der Waals surface area (Å²) in [5, 5.41) is 0. The first-order chi connectivity index (χ1) is 11.5. The van der Waals surface area contributed by atoms with E-state index in [0.717, 1.165) is 0 Å². The van der Waals surface area contributed by atoms with Crippen LogP contribution in [0.25, 0.3) is 12.2 Å². The first kappa shape index (κ1) is 15.4. The van der Waals surface area contributed by atoms with Crippen molar-refractivity contribution in [2.45, 2.75) is 52.4 Å². The van der Waals surface area contributed by atoms with Crippen molar-refractivity contribution in [2.75, 3.05) is 0 Å². The predicted molar refractivity (Wildman–Crippen MR) is 105 cm³/mol. The molecule has 4 rings (SSSR count). The summed E-state index contributed by atoms with van der Waals surface area (Å²) in [5.41, 5.74) is 11.5. The van der Waals surface area contributed by atoms with Crippen molar-refractivity contribution >= 4 is 12.2 Å². The maximum atomic E-state index is 2.41. The van der Waals surface area contributed by atoms with Crippen molar-refractivity contribution in [3.63, 3.8) is 0 Å². The summed E-state index contributed by atoms with van der Waals surface area (Å²) in [6.45, 7) is 8.88. The summed E-state index contributed by atoms with van der Waals surface area (Å²) in [5.74, 6) is 1.17. The molecule has 0 amide bonds. The highest BCUT2D eigenvalue weighted by molar-refractivity contribution is 5.65. The molecule has 0 nitrogen and oxygen atoms in total. The fourth-order valence-electron chi connectivity index (χ4n) is 4.16. The Balaban J connectivity index is 1.51. The van der Waals surface area contributed by atoms with Gasteiger partial charge in [-0.25, -0.2) is 0 Å². The molecule has 0 saturated carbocycles. The minimum atomic E-state index is 0.586. The minimum Gasteiger partial charge on any atom is -0.0764 e. The summed E-state index contributed by atoms with van der Waals surface area (Å²) < 4.78 is 0. The molecular formula is C24H26. The Morgan fingerprint density at radius 3 is 1.38 bits per heavy atom. The van der Waals surface area contributed by atoms with E-state index in [1.807, 2.05) is 0 Å². The van der Waals surface area contributed by atoms with E-state index in [1.54, 1.807) is 0 Å². The fourth-order valence-corrected chi connectivity index (χ4v) is 4.16. The molecular weight excluding hydrogens is 288 g/mol. The molecule has 2 unspecified atom stereocenters. The predicted octanol–water partition coefficient (Wildman–Crippen LogP) is 6.62. The summed E-state index contributed by atoms with van der Waals surface area (Å²) in [6.07, 6.45) is 11.9. The molecule has 0 heteroatoms. The zero-order chi connectivity index (χ0) is 16.8. The molecule has 0 saturated heterocycles. The molecule has 0 spiro atoms. The molecule has 2 aliphatic carbocycles. The average Bonchev–Trinajstić information content (AvgIpc) is 3.11. The second-order valence-corrected chi connectivity index (χ2v) is 7.64. The van der Waals surface area contributed by atoms with Crippen LogP contribution in [-0.2, 0) is 0 Å². The van der Waals surface area contributed by atoms with Crippen molar-refractivity contribution in [3.05, 3.63) is 80.9 Å². The highest BCUT2D eigenvalue weighted by Crippen LogP contribution is 2.40. The summed E-state index contributed by atoms with van der Waals surface area (Å²) >= 11 is 0. The van der Waals surface area contributed by atoms with Gasteiger partial charge >= 0.3 is 0 Å². The third kappa shape index (κ3) is 2.55. The molecule has 24 heavy (non-hydrogen) atoms. The van der Waals surface area contributed by atoms with Crippen LogP contribution in [-0.4, -0.2) is 0 Å². The fraction of sp³-hybridized carbons (Fsp3) is 0.333. The normalized spacial score (nSPS) is 20.5. The Morgan fingerprint density at radius 1 is 0.583 bits per heavy atom. The zero-order valence-electron chi connectivity index (χ0n) is 15.2.